The Balaban J connectivity index is 2.39. The zero-order valence-corrected chi connectivity index (χ0v) is 12.0. The third-order valence-electron chi connectivity index (χ3n) is 2.79. The summed E-state index contributed by atoms with van der Waals surface area (Å²) in [7, 11) is 0. The van der Waals surface area contributed by atoms with E-state index in [-0.39, 0.29) is 24.8 Å². The van der Waals surface area contributed by atoms with Crippen molar-refractivity contribution in [1.29, 1.82) is 0 Å². The summed E-state index contributed by atoms with van der Waals surface area (Å²) in [5.74, 6) is -1.80. The van der Waals surface area contributed by atoms with Crippen molar-refractivity contribution >= 4 is 17.9 Å². The van der Waals surface area contributed by atoms with Crippen molar-refractivity contribution in [2.75, 3.05) is 0 Å². The van der Waals surface area contributed by atoms with Gasteiger partial charge in [0, 0.05) is 19.0 Å². The number of carboxylic acids is 1. The standard InChI is InChI=1S/C14H19N3O4/c1-9(8-13(19)20)7-12(18)17-14(21)16-10(2)11-5-3-4-6-15-11/h3-6,9-10H,7-8H2,1-2H3,(H,19,20)(H2,16,17,18,21). The van der Waals surface area contributed by atoms with Gasteiger partial charge in [-0.15, -0.1) is 0 Å². The number of nitrogens with zero attached hydrogens (tertiary/aromatic N) is 1. The van der Waals surface area contributed by atoms with Gasteiger partial charge in [0.1, 0.15) is 0 Å². The molecule has 3 amide bonds. The van der Waals surface area contributed by atoms with Gasteiger partial charge >= 0.3 is 12.0 Å². The Bertz CT molecular complexity index is 504. The third-order valence-corrected chi connectivity index (χ3v) is 2.79. The minimum atomic E-state index is -0.969. The molecule has 0 aliphatic rings. The van der Waals surface area contributed by atoms with Crippen LogP contribution in [0.15, 0.2) is 24.4 Å². The number of carbonyl (C=O) groups is 3. The molecule has 2 unspecified atom stereocenters. The predicted octanol–water partition coefficient (Wildman–Crippen LogP) is 1.47. The van der Waals surface area contributed by atoms with Gasteiger partial charge in [-0.25, -0.2) is 4.79 Å². The molecular formula is C14H19N3O4. The monoisotopic (exact) mass is 293 g/mol. The Morgan fingerprint density at radius 2 is 1.95 bits per heavy atom. The van der Waals surface area contributed by atoms with Gasteiger partial charge in [0.15, 0.2) is 0 Å². The first kappa shape index (κ1) is 16.6. The number of rotatable bonds is 6. The van der Waals surface area contributed by atoms with Crippen molar-refractivity contribution in [3.8, 4) is 0 Å². The molecule has 21 heavy (non-hydrogen) atoms. The molecule has 2 atom stereocenters. The molecule has 0 aromatic carbocycles. The van der Waals surface area contributed by atoms with Crippen molar-refractivity contribution in [2.24, 2.45) is 5.92 Å². The molecule has 0 saturated heterocycles. The first-order chi connectivity index (χ1) is 9.88. The van der Waals surface area contributed by atoms with E-state index in [1.807, 2.05) is 0 Å². The largest absolute Gasteiger partial charge is 0.481 e. The highest BCUT2D eigenvalue weighted by atomic mass is 16.4. The van der Waals surface area contributed by atoms with Crippen LogP contribution >= 0.6 is 0 Å². The molecule has 7 heteroatoms. The van der Waals surface area contributed by atoms with Gasteiger partial charge in [-0.3, -0.25) is 19.9 Å². The van der Waals surface area contributed by atoms with E-state index in [2.05, 4.69) is 15.6 Å². The van der Waals surface area contributed by atoms with Crippen LogP contribution in [0.5, 0.6) is 0 Å². The van der Waals surface area contributed by atoms with Crippen molar-refractivity contribution < 1.29 is 19.5 Å². The fourth-order valence-corrected chi connectivity index (χ4v) is 1.80. The number of pyridine rings is 1. The van der Waals surface area contributed by atoms with E-state index < -0.39 is 17.9 Å². The van der Waals surface area contributed by atoms with E-state index in [1.54, 1.807) is 38.2 Å². The summed E-state index contributed by atoms with van der Waals surface area (Å²) in [5.41, 5.74) is 0.680. The highest BCUT2D eigenvalue weighted by Gasteiger charge is 2.16. The number of hydrogen-bond donors (Lipinski definition) is 3. The summed E-state index contributed by atoms with van der Waals surface area (Å²) in [5, 5.41) is 13.4. The summed E-state index contributed by atoms with van der Waals surface area (Å²) in [6.45, 7) is 3.39. The van der Waals surface area contributed by atoms with Gasteiger partial charge in [0.05, 0.1) is 11.7 Å². The lowest BCUT2D eigenvalue weighted by atomic mass is 10.0. The van der Waals surface area contributed by atoms with Crippen LogP contribution in [0.4, 0.5) is 4.79 Å². The van der Waals surface area contributed by atoms with Crippen molar-refractivity contribution in [2.45, 2.75) is 32.7 Å². The van der Waals surface area contributed by atoms with Crippen LogP contribution < -0.4 is 10.6 Å². The molecule has 0 bridgehead atoms. The minimum absolute atomic E-state index is 0.0162. The van der Waals surface area contributed by atoms with Crippen LogP contribution in [-0.4, -0.2) is 28.0 Å². The molecule has 0 radical (unpaired) electrons. The number of amides is 3. The molecule has 0 saturated carbocycles. The first-order valence-corrected chi connectivity index (χ1v) is 6.61. The van der Waals surface area contributed by atoms with Gasteiger partial charge in [0.25, 0.3) is 0 Å². The van der Waals surface area contributed by atoms with Crippen LogP contribution in [-0.2, 0) is 9.59 Å². The van der Waals surface area contributed by atoms with Gasteiger partial charge in [-0.2, -0.15) is 0 Å². The van der Waals surface area contributed by atoms with Crippen LogP contribution in [0.25, 0.3) is 0 Å². The van der Waals surface area contributed by atoms with Gasteiger partial charge in [-0.1, -0.05) is 13.0 Å². The lowest BCUT2D eigenvalue weighted by Crippen LogP contribution is -2.41. The van der Waals surface area contributed by atoms with E-state index in [4.69, 9.17) is 5.11 Å². The Labute approximate surface area is 122 Å². The lowest BCUT2D eigenvalue weighted by Gasteiger charge is -2.14. The molecule has 1 aromatic heterocycles. The van der Waals surface area contributed by atoms with Crippen LogP contribution in [0, 0.1) is 5.92 Å². The first-order valence-electron chi connectivity index (χ1n) is 6.61. The zero-order chi connectivity index (χ0) is 15.8. The lowest BCUT2D eigenvalue weighted by molar-refractivity contribution is -0.138. The Kier molecular flexibility index (Phi) is 6.32. The molecule has 0 spiro atoms. The molecule has 0 fully saturated rings. The second-order valence-electron chi connectivity index (χ2n) is 4.91. The second kappa shape index (κ2) is 7.98. The number of aromatic nitrogens is 1. The average Bonchev–Trinajstić information content (AvgIpc) is 2.37. The van der Waals surface area contributed by atoms with Gasteiger partial charge < -0.3 is 10.4 Å². The number of carbonyl (C=O) groups excluding carboxylic acids is 2. The smallest absolute Gasteiger partial charge is 0.321 e. The number of imide groups is 1. The molecule has 7 nitrogen and oxygen atoms in total. The fraction of sp³-hybridized carbons (Fsp3) is 0.429. The predicted molar refractivity (Wildman–Crippen MR) is 75.4 cm³/mol. The molecule has 1 heterocycles. The highest BCUT2D eigenvalue weighted by molar-refractivity contribution is 5.94. The normalized spacial score (nSPS) is 13.0. The molecule has 1 aromatic rings. The quantitative estimate of drug-likeness (QED) is 0.736. The maximum Gasteiger partial charge on any atom is 0.321 e. The molecule has 1 rings (SSSR count). The number of nitrogens with one attached hydrogen (secondary N) is 2. The maximum atomic E-state index is 11.7. The topological polar surface area (TPSA) is 108 Å². The minimum Gasteiger partial charge on any atom is -0.481 e. The van der Waals surface area contributed by atoms with Crippen molar-refractivity contribution in [3.05, 3.63) is 30.1 Å². The van der Waals surface area contributed by atoms with Crippen molar-refractivity contribution in [3.63, 3.8) is 0 Å². The van der Waals surface area contributed by atoms with E-state index in [0.717, 1.165) is 0 Å². The molecular weight excluding hydrogens is 274 g/mol. The van der Waals surface area contributed by atoms with E-state index in [1.165, 1.54) is 0 Å². The zero-order valence-electron chi connectivity index (χ0n) is 12.0. The number of hydrogen-bond acceptors (Lipinski definition) is 4. The van der Waals surface area contributed by atoms with E-state index in [0.29, 0.717) is 5.69 Å². The van der Waals surface area contributed by atoms with Crippen molar-refractivity contribution in [1.82, 2.24) is 15.6 Å². The summed E-state index contributed by atoms with van der Waals surface area (Å²) in [6.07, 6.45) is 1.49. The molecule has 114 valence electrons. The number of aliphatic carboxylic acids is 1. The number of carboxylic acid groups (broad SMARTS) is 1. The summed E-state index contributed by atoms with van der Waals surface area (Å²) >= 11 is 0. The maximum absolute atomic E-state index is 11.7. The van der Waals surface area contributed by atoms with E-state index >= 15 is 0 Å². The van der Waals surface area contributed by atoms with E-state index in [9.17, 15) is 14.4 Å². The third kappa shape index (κ3) is 6.51. The molecule has 3 N–H and O–H groups in total. The summed E-state index contributed by atoms with van der Waals surface area (Å²) in [6, 6.07) is 4.37. The molecule has 0 aliphatic heterocycles. The molecule has 0 aliphatic carbocycles. The fourth-order valence-electron chi connectivity index (χ4n) is 1.80. The summed E-state index contributed by atoms with van der Waals surface area (Å²) in [4.78, 5) is 37.8. The second-order valence-corrected chi connectivity index (χ2v) is 4.91. The van der Waals surface area contributed by atoms with Gasteiger partial charge in [-0.05, 0) is 25.0 Å². The average molecular weight is 293 g/mol. The van der Waals surface area contributed by atoms with Crippen LogP contribution in [0.1, 0.15) is 38.4 Å². The summed E-state index contributed by atoms with van der Waals surface area (Å²) < 4.78 is 0. The van der Waals surface area contributed by atoms with Gasteiger partial charge in [0.2, 0.25) is 5.91 Å². The Morgan fingerprint density at radius 1 is 1.24 bits per heavy atom. The highest BCUT2D eigenvalue weighted by Crippen LogP contribution is 2.08. The Hall–Kier alpha value is -2.44. The number of urea groups is 1. The van der Waals surface area contributed by atoms with Crippen LogP contribution in [0.3, 0.4) is 0 Å². The van der Waals surface area contributed by atoms with Crippen LogP contribution in [0.2, 0.25) is 0 Å². The SMILES string of the molecule is CC(CC(=O)O)CC(=O)NC(=O)NC(C)c1ccccn1. The Morgan fingerprint density at radius 3 is 2.52 bits per heavy atom.